The third-order valence-corrected chi connectivity index (χ3v) is 1.71. The molecule has 0 fully saturated rings. The maximum atomic E-state index is 10.8. The van der Waals surface area contributed by atoms with Crippen molar-refractivity contribution in [3.63, 3.8) is 0 Å². The minimum atomic E-state index is -0.525. The van der Waals surface area contributed by atoms with Crippen LogP contribution in [0.25, 0.3) is 0 Å². The summed E-state index contributed by atoms with van der Waals surface area (Å²) in [7, 11) is 0. The maximum Gasteiger partial charge on any atom is 0.339 e. The number of hydrogen-bond donors (Lipinski definition) is 1. The molecule has 0 amide bonds. The highest BCUT2D eigenvalue weighted by atomic mass is 16.4. The van der Waals surface area contributed by atoms with E-state index in [1.54, 1.807) is 6.21 Å². The lowest BCUT2D eigenvalue weighted by Gasteiger charge is -2.07. The van der Waals surface area contributed by atoms with Crippen molar-refractivity contribution in [3.05, 3.63) is 22.2 Å². The molecular formula is C8H7NO3. The summed E-state index contributed by atoms with van der Waals surface area (Å²) in [6.45, 7) is 0. The van der Waals surface area contributed by atoms with E-state index in [4.69, 9.17) is 4.42 Å². The molecule has 0 saturated carbocycles. The van der Waals surface area contributed by atoms with Gasteiger partial charge in [-0.25, -0.2) is 4.79 Å². The molecule has 0 radical (unpaired) electrons. The molecule has 0 bridgehead atoms. The Morgan fingerprint density at radius 1 is 1.58 bits per heavy atom. The molecule has 1 aliphatic heterocycles. The molecule has 12 heavy (non-hydrogen) atoms. The van der Waals surface area contributed by atoms with Crippen LogP contribution in [0.1, 0.15) is 12.2 Å². The van der Waals surface area contributed by atoms with E-state index in [9.17, 15) is 9.90 Å². The van der Waals surface area contributed by atoms with Gasteiger partial charge in [-0.3, -0.25) is 4.99 Å². The third-order valence-electron chi connectivity index (χ3n) is 1.71. The summed E-state index contributed by atoms with van der Waals surface area (Å²) >= 11 is 0. The zero-order valence-corrected chi connectivity index (χ0v) is 6.28. The SMILES string of the molecule is O=c1cc(O)c2c(o1)CCC=N2. The van der Waals surface area contributed by atoms with Gasteiger partial charge in [0.1, 0.15) is 11.4 Å². The van der Waals surface area contributed by atoms with Crippen LogP contribution in [0.4, 0.5) is 5.69 Å². The summed E-state index contributed by atoms with van der Waals surface area (Å²) in [5.41, 5.74) is -0.135. The van der Waals surface area contributed by atoms with Crippen LogP contribution in [-0.2, 0) is 6.42 Å². The molecule has 1 aliphatic rings. The molecule has 1 aromatic heterocycles. The van der Waals surface area contributed by atoms with Gasteiger partial charge in [-0.2, -0.15) is 0 Å². The van der Waals surface area contributed by atoms with Crippen LogP contribution >= 0.6 is 0 Å². The van der Waals surface area contributed by atoms with E-state index in [-0.39, 0.29) is 5.75 Å². The Kier molecular flexibility index (Phi) is 1.46. The molecule has 62 valence electrons. The van der Waals surface area contributed by atoms with E-state index in [0.29, 0.717) is 17.9 Å². The second-order valence-corrected chi connectivity index (χ2v) is 2.57. The Labute approximate surface area is 68.2 Å². The minimum Gasteiger partial charge on any atom is -0.505 e. The maximum absolute atomic E-state index is 10.8. The molecule has 0 atom stereocenters. The fourth-order valence-electron chi connectivity index (χ4n) is 1.18. The van der Waals surface area contributed by atoms with E-state index < -0.39 is 5.63 Å². The van der Waals surface area contributed by atoms with Crippen LogP contribution in [0.3, 0.4) is 0 Å². The predicted molar refractivity (Wildman–Crippen MR) is 43.1 cm³/mol. The quantitative estimate of drug-likeness (QED) is 0.623. The van der Waals surface area contributed by atoms with Gasteiger partial charge in [0.05, 0.1) is 6.07 Å². The summed E-state index contributed by atoms with van der Waals surface area (Å²) in [6, 6.07) is 1.03. The highest BCUT2D eigenvalue weighted by Crippen LogP contribution is 2.31. The topological polar surface area (TPSA) is 62.8 Å². The van der Waals surface area contributed by atoms with Crippen molar-refractivity contribution in [3.8, 4) is 5.75 Å². The monoisotopic (exact) mass is 165 g/mol. The van der Waals surface area contributed by atoms with Crippen molar-refractivity contribution in [1.82, 2.24) is 0 Å². The van der Waals surface area contributed by atoms with Gasteiger partial charge < -0.3 is 9.52 Å². The molecule has 4 heteroatoms. The average molecular weight is 165 g/mol. The molecule has 0 saturated heterocycles. The van der Waals surface area contributed by atoms with Crippen molar-refractivity contribution in [2.75, 3.05) is 0 Å². The van der Waals surface area contributed by atoms with Gasteiger partial charge in [-0.1, -0.05) is 0 Å². The van der Waals surface area contributed by atoms with Gasteiger partial charge >= 0.3 is 5.63 Å². The molecule has 0 aliphatic carbocycles. The number of aliphatic imine (C=N–C) groups is 1. The van der Waals surface area contributed by atoms with Gasteiger partial charge in [-0.05, 0) is 6.42 Å². The molecule has 4 nitrogen and oxygen atoms in total. The number of nitrogens with zero attached hydrogens (tertiary/aromatic N) is 1. The van der Waals surface area contributed by atoms with Crippen LogP contribution in [0.5, 0.6) is 5.75 Å². The predicted octanol–water partition coefficient (Wildman–Crippen LogP) is 0.994. The minimum absolute atomic E-state index is 0.0998. The van der Waals surface area contributed by atoms with Gasteiger partial charge in [-0.15, -0.1) is 0 Å². The van der Waals surface area contributed by atoms with Crippen LogP contribution < -0.4 is 5.63 Å². The smallest absolute Gasteiger partial charge is 0.339 e. The van der Waals surface area contributed by atoms with Gasteiger partial charge in [0.15, 0.2) is 5.75 Å². The van der Waals surface area contributed by atoms with Crippen molar-refractivity contribution in [2.24, 2.45) is 4.99 Å². The van der Waals surface area contributed by atoms with Crippen LogP contribution in [0.15, 0.2) is 20.3 Å². The summed E-state index contributed by atoms with van der Waals surface area (Å²) < 4.78 is 4.85. The van der Waals surface area contributed by atoms with E-state index in [2.05, 4.69) is 4.99 Å². The van der Waals surface area contributed by atoms with Crippen LogP contribution in [0, 0.1) is 0 Å². The second-order valence-electron chi connectivity index (χ2n) is 2.57. The molecule has 0 unspecified atom stereocenters. The second kappa shape index (κ2) is 2.48. The van der Waals surface area contributed by atoms with E-state index in [1.165, 1.54) is 0 Å². The Morgan fingerprint density at radius 2 is 2.42 bits per heavy atom. The van der Waals surface area contributed by atoms with Gasteiger partial charge in [0.2, 0.25) is 0 Å². The zero-order valence-electron chi connectivity index (χ0n) is 6.28. The Morgan fingerprint density at radius 3 is 3.25 bits per heavy atom. The zero-order chi connectivity index (χ0) is 8.55. The van der Waals surface area contributed by atoms with Crippen molar-refractivity contribution in [1.29, 1.82) is 0 Å². The molecule has 1 aromatic rings. The number of aromatic hydroxyl groups is 1. The fraction of sp³-hybridized carbons (Fsp3) is 0.250. The first-order valence-electron chi connectivity index (χ1n) is 3.66. The van der Waals surface area contributed by atoms with Crippen LogP contribution in [-0.4, -0.2) is 11.3 Å². The largest absolute Gasteiger partial charge is 0.505 e. The standard InChI is InChI=1S/C8H7NO3/c10-5-4-7(11)12-6-2-1-3-9-8(5)6/h3-4,10H,1-2H2. The first-order chi connectivity index (χ1) is 5.77. The average Bonchev–Trinajstić information content (AvgIpc) is 2.04. The summed E-state index contributed by atoms with van der Waals surface area (Å²) in [4.78, 5) is 14.7. The van der Waals surface area contributed by atoms with E-state index in [0.717, 1.165) is 12.5 Å². The normalized spacial score (nSPS) is 14.3. The van der Waals surface area contributed by atoms with Crippen molar-refractivity contribution >= 4 is 11.9 Å². The third kappa shape index (κ3) is 1.01. The van der Waals surface area contributed by atoms with Gasteiger partial charge in [0.25, 0.3) is 0 Å². The highest BCUT2D eigenvalue weighted by molar-refractivity contribution is 5.70. The Bertz CT molecular complexity index is 392. The Hall–Kier alpha value is -1.58. The van der Waals surface area contributed by atoms with Gasteiger partial charge in [0, 0.05) is 12.6 Å². The number of fused-ring (bicyclic) bond motifs is 1. The molecule has 1 N–H and O–H groups in total. The first-order valence-corrected chi connectivity index (χ1v) is 3.66. The molecule has 0 aromatic carbocycles. The molecule has 0 spiro atoms. The lowest BCUT2D eigenvalue weighted by Crippen LogP contribution is -2.02. The summed E-state index contributed by atoms with van der Waals surface area (Å²) in [6.07, 6.45) is 3.07. The summed E-state index contributed by atoms with van der Waals surface area (Å²) in [5, 5.41) is 9.26. The first kappa shape index (κ1) is 7.09. The highest BCUT2D eigenvalue weighted by Gasteiger charge is 2.13. The molecule has 2 heterocycles. The number of rotatable bonds is 0. The van der Waals surface area contributed by atoms with Crippen LogP contribution in [0.2, 0.25) is 0 Å². The number of aryl methyl sites for hydroxylation is 1. The van der Waals surface area contributed by atoms with E-state index in [1.807, 2.05) is 0 Å². The summed E-state index contributed by atoms with van der Waals surface area (Å²) in [5.74, 6) is 0.375. The molecule has 2 rings (SSSR count). The fourth-order valence-corrected chi connectivity index (χ4v) is 1.18. The van der Waals surface area contributed by atoms with Crippen molar-refractivity contribution < 1.29 is 9.52 Å². The molecular weight excluding hydrogens is 158 g/mol. The number of hydrogen-bond acceptors (Lipinski definition) is 4. The van der Waals surface area contributed by atoms with E-state index >= 15 is 0 Å². The lowest BCUT2D eigenvalue weighted by atomic mass is 10.2. The Balaban J connectivity index is 2.70. The lowest BCUT2D eigenvalue weighted by molar-refractivity contribution is 0.426. The van der Waals surface area contributed by atoms with Crippen molar-refractivity contribution in [2.45, 2.75) is 12.8 Å².